The fraction of sp³-hybridized carbons (Fsp3) is 0.308. The summed E-state index contributed by atoms with van der Waals surface area (Å²) in [6.45, 7) is 4.29. The van der Waals surface area contributed by atoms with Crippen molar-refractivity contribution < 1.29 is 0 Å². The largest absolute Gasteiger partial charge is 0.326 e. The number of aromatic nitrogens is 2. The molecule has 0 fully saturated rings. The average molecular weight is 247 g/mol. The number of imidazole rings is 1. The predicted molar refractivity (Wildman–Crippen MR) is 74.1 cm³/mol. The van der Waals surface area contributed by atoms with Crippen molar-refractivity contribution in [1.29, 1.82) is 0 Å². The summed E-state index contributed by atoms with van der Waals surface area (Å²) < 4.78 is 2.11. The van der Waals surface area contributed by atoms with E-state index in [1.165, 1.54) is 4.90 Å². The molecular weight excluding hydrogens is 230 g/mol. The Bertz CT molecular complexity index is 474. The van der Waals surface area contributed by atoms with Gasteiger partial charge in [0.05, 0.1) is 0 Å². The Labute approximate surface area is 106 Å². The third kappa shape index (κ3) is 2.82. The van der Waals surface area contributed by atoms with Gasteiger partial charge in [0.25, 0.3) is 0 Å². The molecule has 1 heterocycles. The normalized spacial score (nSPS) is 10.8. The molecule has 0 aliphatic heterocycles. The first-order valence-corrected chi connectivity index (χ1v) is 6.87. The Kier molecular flexibility index (Phi) is 3.74. The van der Waals surface area contributed by atoms with Crippen LogP contribution in [0.15, 0.2) is 41.6 Å². The van der Waals surface area contributed by atoms with Crippen LogP contribution >= 0.6 is 11.8 Å². The monoisotopic (exact) mass is 247 g/mol. The molecule has 1 aromatic carbocycles. The van der Waals surface area contributed by atoms with Gasteiger partial charge in [-0.2, -0.15) is 0 Å². The van der Waals surface area contributed by atoms with Crippen LogP contribution in [-0.2, 0) is 0 Å². The van der Waals surface area contributed by atoms with Gasteiger partial charge in [-0.3, -0.25) is 0 Å². The van der Waals surface area contributed by atoms with E-state index in [-0.39, 0.29) is 0 Å². The number of thioether (sulfide) groups is 1. The van der Waals surface area contributed by atoms with Crippen molar-refractivity contribution in [3.05, 3.63) is 36.7 Å². The average Bonchev–Trinajstić information content (AvgIpc) is 2.78. The molecule has 0 aliphatic carbocycles. The van der Waals surface area contributed by atoms with Crippen molar-refractivity contribution in [2.24, 2.45) is 0 Å². The molecule has 0 saturated heterocycles. The van der Waals surface area contributed by atoms with Crippen molar-refractivity contribution in [3.63, 3.8) is 0 Å². The van der Waals surface area contributed by atoms with E-state index in [1.54, 1.807) is 11.8 Å². The Hall–Kier alpha value is -1.42. The van der Waals surface area contributed by atoms with Crippen molar-refractivity contribution in [1.82, 2.24) is 9.55 Å². The summed E-state index contributed by atoms with van der Waals surface area (Å²) in [6.07, 6.45) is 5.88. The summed E-state index contributed by atoms with van der Waals surface area (Å²) in [5.74, 6) is 0.886. The topological polar surface area (TPSA) is 29.9 Å². The van der Waals surface area contributed by atoms with E-state index in [4.69, 9.17) is 0 Å². The number of hydrogen-bond donors (Lipinski definition) is 1. The second-order valence-corrected chi connectivity index (χ2v) is 4.99. The third-order valence-electron chi connectivity index (χ3n) is 2.57. The lowest BCUT2D eigenvalue weighted by Gasteiger charge is -2.12. The van der Waals surface area contributed by atoms with E-state index in [9.17, 15) is 0 Å². The molecule has 0 radical (unpaired) electrons. The second-order valence-electron chi connectivity index (χ2n) is 4.11. The number of benzene rings is 1. The molecule has 90 valence electrons. The Morgan fingerprint density at radius 1 is 1.24 bits per heavy atom. The molecule has 3 nitrogen and oxygen atoms in total. The molecule has 0 saturated carbocycles. The van der Waals surface area contributed by atoms with Gasteiger partial charge in [-0.05, 0) is 44.4 Å². The van der Waals surface area contributed by atoms with Crippen LogP contribution in [0.3, 0.4) is 0 Å². The highest BCUT2D eigenvalue weighted by Gasteiger charge is 2.05. The highest BCUT2D eigenvalue weighted by atomic mass is 32.2. The molecule has 0 spiro atoms. The van der Waals surface area contributed by atoms with Crippen molar-refractivity contribution in [2.75, 3.05) is 11.6 Å². The van der Waals surface area contributed by atoms with Crippen molar-refractivity contribution >= 4 is 23.4 Å². The molecule has 17 heavy (non-hydrogen) atoms. The lowest BCUT2D eigenvalue weighted by atomic mass is 10.3. The van der Waals surface area contributed by atoms with Gasteiger partial charge in [-0.15, -0.1) is 11.8 Å². The number of nitrogens with zero attached hydrogens (tertiary/aromatic N) is 2. The zero-order valence-electron chi connectivity index (χ0n) is 10.3. The second kappa shape index (κ2) is 5.27. The van der Waals surface area contributed by atoms with Gasteiger partial charge in [0, 0.05) is 29.0 Å². The van der Waals surface area contributed by atoms with Crippen LogP contribution in [0.25, 0.3) is 0 Å². The summed E-state index contributed by atoms with van der Waals surface area (Å²) in [7, 11) is 0. The van der Waals surface area contributed by atoms with Crippen molar-refractivity contribution in [3.8, 4) is 0 Å². The van der Waals surface area contributed by atoms with Crippen LogP contribution in [0.4, 0.5) is 11.6 Å². The van der Waals surface area contributed by atoms with E-state index >= 15 is 0 Å². The first-order valence-electron chi connectivity index (χ1n) is 5.64. The molecule has 1 N–H and O–H groups in total. The van der Waals surface area contributed by atoms with Crippen LogP contribution in [0.2, 0.25) is 0 Å². The van der Waals surface area contributed by atoms with Gasteiger partial charge in [0.2, 0.25) is 5.95 Å². The van der Waals surface area contributed by atoms with E-state index in [1.807, 2.05) is 12.4 Å². The van der Waals surface area contributed by atoms with Crippen LogP contribution in [-0.4, -0.2) is 15.8 Å². The van der Waals surface area contributed by atoms with Crippen LogP contribution in [0.1, 0.15) is 19.9 Å². The minimum atomic E-state index is 0.408. The predicted octanol–water partition coefficient (Wildman–Crippen LogP) is 3.93. The van der Waals surface area contributed by atoms with Crippen molar-refractivity contribution in [2.45, 2.75) is 24.8 Å². The molecule has 0 aliphatic rings. The summed E-state index contributed by atoms with van der Waals surface area (Å²) in [4.78, 5) is 5.59. The van der Waals surface area contributed by atoms with E-state index in [2.05, 4.69) is 59.2 Å². The number of rotatable bonds is 4. The Balaban J connectivity index is 2.16. The molecule has 1 aromatic heterocycles. The van der Waals surface area contributed by atoms with E-state index in [0.29, 0.717) is 6.04 Å². The fourth-order valence-corrected chi connectivity index (χ4v) is 2.04. The summed E-state index contributed by atoms with van der Waals surface area (Å²) in [5.41, 5.74) is 1.07. The summed E-state index contributed by atoms with van der Waals surface area (Å²) in [5, 5.41) is 3.33. The first-order chi connectivity index (χ1) is 8.20. The Morgan fingerprint density at radius 3 is 2.53 bits per heavy atom. The molecule has 2 aromatic rings. The zero-order chi connectivity index (χ0) is 12.3. The SMILES string of the molecule is CSc1ccc(Nc2nccn2C(C)C)cc1. The van der Waals surface area contributed by atoms with Gasteiger partial charge >= 0.3 is 0 Å². The summed E-state index contributed by atoms with van der Waals surface area (Å²) in [6, 6.07) is 8.77. The van der Waals surface area contributed by atoms with Gasteiger partial charge < -0.3 is 9.88 Å². The van der Waals surface area contributed by atoms with Crippen LogP contribution in [0, 0.1) is 0 Å². The lowest BCUT2D eigenvalue weighted by molar-refractivity contribution is 0.608. The van der Waals surface area contributed by atoms with Crippen LogP contribution in [0.5, 0.6) is 0 Å². The Morgan fingerprint density at radius 2 is 1.94 bits per heavy atom. The van der Waals surface area contributed by atoms with Gasteiger partial charge in [0.1, 0.15) is 0 Å². The minimum Gasteiger partial charge on any atom is -0.326 e. The van der Waals surface area contributed by atoms with Gasteiger partial charge in [-0.1, -0.05) is 0 Å². The number of hydrogen-bond acceptors (Lipinski definition) is 3. The fourth-order valence-electron chi connectivity index (χ4n) is 1.63. The smallest absolute Gasteiger partial charge is 0.207 e. The van der Waals surface area contributed by atoms with Gasteiger partial charge in [-0.25, -0.2) is 4.98 Å². The third-order valence-corrected chi connectivity index (χ3v) is 3.31. The molecule has 0 unspecified atom stereocenters. The highest BCUT2D eigenvalue weighted by Crippen LogP contribution is 2.21. The molecule has 2 rings (SSSR count). The summed E-state index contributed by atoms with van der Waals surface area (Å²) >= 11 is 1.74. The molecule has 0 amide bonds. The first kappa shape index (κ1) is 12.0. The quantitative estimate of drug-likeness (QED) is 0.830. The van der Waals surface area contributed by atoms with E-state index in [0.717, 1.165) is 11.6 Å². The number of anilines is 2. The van der Waals surface area contributed by atoms with E-state index < -0.39 is 0 Å². The lowest BCUT2D eigenvalue weighted by Crippen LogP contribution is -2.04. The zero-order valence-corrected chi connectivity index (χ0v) is 11.2. The molecule has 4 heteroatoms. The van der Waals surface area contributed by atoms with Crippen LogP contribution < -0.4 is 5.32 Å². The maximum atomic E-state index is 4.32. The number of nitrogens with one attached hydrogen (secondary N) is 1. The maximum Gasteiger partial charge on any atom is 0.207 e. The standard InChI is InChI=1S/C13H17N3S/c1-10(2)16-9-8-14-13(16)15-11-4-6-12(17-3)7-5-11/h4-10H,1-3H3,(H,14,15). The van der Waals surface area contributed by atoms with Gasteiger partial charge in [0.15, 0.2) is 0 Å². The minimum absolute atomic E-state index is 0.408. The highest BCUT2D eigenvalue weighted by molar-refractivity contribution is 7.98. The molecule has 0 atom stereocenters. The molecular formula is C13H17N3S. The maximum absolute atomic E-state index is 4.32. The molecule has 0 bridgehead atoms.